The van der Waals surface area contributed by atoms with Crippen LogP contribution in [0.15, 0.2) is 0 Å². The van der Waals surface area contributed by atoms with E-state index in [0.29, 0.717) is 0 Å². The number of carbonyl (C=O) groups is 1. The Labute approximate surface area is 65.7 Å². The SMILES string of the molecule is O.O=C(O)O.[Zn].[Zn]. The van der Waals surface area contributed by atoms with Gasteiger partial charge in [-0.05, 0) is 0 Å². The molecule has 0 heterocycles. The van der Waals surface area contributed by atoms with E-state index in [2.05, 4.69) is 0 Å². The number of rotatable bonds is 0. The maximum absolute atomic E-state index is 8.56. The molecule has 4 N–H and O–H groups in total. The van der Waals surface area contributed by atoms with Crippen molar-refractivity contribution in [2.75, 3.05) is 0 Å². The zero-order chi connectivity index (χ0) is 3.58. The summed E-state index contributed by atoms with van der Waals surface area (Å²) < 4.78 is 0. The van der Waals surface area contributed by atoms with E-state index in [1.807, 2.05) is 0 Å². The predicted molar refractivity (Wildman–Crippen MR) is 14.3 cm³/mol. The normalized spacial score (nSPS) is 3.43. The molecule has 0 rings (SSSR count). The molecule has 4 nitrogen and oxygen atoms in total. The number of hydrogen-bond donors (Lipinski definition) is 2. The first-order valence-corrected chi connectivity index (χ1v) is 0.651. The molecule has 0 aromatic heterocycles. The van der Waals surface area contributed by atoms with E-state index < -0.39 is 6.16 Å². The molecular weight excluding hydrogens is 207 g/mol. The molecule has 7 heavy (non-hydrogen) atoms. The fourth-order valence-corrected chi connectivity index (χ4v) is 0. The molecule has 0 aromatic rings. The van der Waals surface area contributed by atoms with E-state index in [9.17, 15) is 0 Å². The van der Waals surface area contributed by atoms with Gasteiger partial charge in [-0.15, -0.1) is 0 Å². The van der Waals surface area contributed by atoms with Gasteiger partial charge in [0.15, 0.2) is 0 Å². The second-order valence-electron chi connectivity index (χ2n) is 0.283. The second-order valence-corrected chi connectivity index (χ2v) is 0.283. The van der Waals surface area contributed by atoms with Crippen LogP contribution < -0.4 is 0 Å². The molecule has 0 saturated carbocycles. The van der Waals surface area contributed by atoms with Crippen LogP contribution in [0.25, 0.3) is 0 Å². The Morgan fingerprint density at radius 1 is 1.14 bits per heavy atom. The third-order valence-electron chi connectivity index (χ3n) is 0. The summed E-state index contributed by atoms with van der Waals surface area (Å²) in [4.78, 5) is 8.56. The summed E-state index contributed by atoms with van der Waals surface area (Å²) in [5.74, 6) is 0. The summed E-state index contributed by atoms with van der Waals surface area (Å²) in [6.07, 6.45) is -1.83. The molecule has 0 aliphatic rings. The summed E-state index contributed by atoms with van der Waals surface area (Å²) in [6.45, 7) is 0. The van der Waals surface area contributed by atoms with E-state index in [4.69, 9.17) is 15.0 Å². The minimum absolute atomic E-state index is 0. The fourth-order valence-electron chi connectivity index (χ4n) is 0. The Morgan fingerprint density at radius 2 is 1.14 bits per heavy atom. The molecule has 6 heteroatoms. The van der Waals surface area contributed by atoms with E-state index in [0.717, 1.165) is 0 Å². The maximum atomic E-state index is 8.56. The van der Waals surface area contributed by atoms with Gasteiger partial charge in [0, 0.05) is 39.0 Å². The van der Waals surface area contributed by atoms with Gasteiger partial charge < -0.3 is 15.7 Å². The van der Waals surface area contributed by atoms with Crippen LogP contribution in [0.4, 0.5) is 4.79 Å². The van der Waals surface area contributed by atoms with Crippen molar-refractivity contribution in [2.24, 2.45) is 0 Å². The molecule has 36 valence electrons. The minimum Gasteiger partial charge on any atom is -0.450 e. The van der Waals surface area contributed by atoms with Gasteiger partial charge in [0.1, 0.15) is 0 Å². The predicted octanol–water partition coefficient (Wildman–Crippen LogP) is -0.607. The van der Waals surface area contributed by atoms with Gasteiger partial charge in [-0.25, -0.2) is 4.79 Å². The van der Waals surface area contributed by atoms with Crippen molar-refractivity contribution in [2.45, 2.75) is 0 Å². The molecule has 0 spiro atoms. The molecule has 0 aliphatic heterocycles. The van der Waals surface area contributed by atoms with Crippen molar-refractivity contribution in [3.63, 3.8) is 0 Å². The van der Waals surface area contributed by atoms with Gasteiger partial charge in [0.05, 0.1) is 0 Å². The van der Waals surface area contributed by atoms with Gasteiger partial charge >= 0.3 is 6.16 Å². The number of carboxylic acid groups (broad SMARTS) is 2. The van der Waals surface area contributed by atoms with Crippen molar-refractivity contribution >= 4 is 6.16 Å². The van der Waals surface area contributed by atoms with E-state index in [-0.39, 0.29) is 44.4 Å². The average Bonchev–Trinajstić information content (AvgIpc) is 0.811. The Bertz CT molecular complexity index is 32.7. The third-order valence-corrected chi connectivity index (χ3v) is 0. The molecule has 0 aromatic carbocycles. The van der Waals surface area contributed by atoms with E-state index in [1.54, 1.807) is 0 Å². The Hall–Kier alpha value is 0.477. The molecule has 0 radical (unpaired) electrons. The van der Waals surface area contributed by atoms with E-state index >= 15 is 0 Å². The van der Waals surface area contributed by atoms with Crippen LogP contribution in [-0.4, -0.2) is 21.8 Å². The fraction of sp³-hybridized carbons (Fsp3) is 0. The molecule has 0 aliphatic carbocycles. The monoisotopic (exact) mass is 208 g/mol. The van der Waals surface area contributed by atoms with Crippen molar-refractivity contribution in [3.05, 3.63) is 0 Å². The molecule has 0 amide bonds. The van der Waals surface area contributed by atoms with Gasteiger partial charge in [-0.3, -0.25) is 0 Å². The Balaban J connectivity index is -0.0000000150. The van der Waals surface area contributed by atoms with Gasteiger partial charge in [0.2, 0.25) is 0 Å². The minimum atomic E-state index is -1.83. The summed E-state index contributed by atoms with van der Waals surface area (Å²) in [6, 6.07) is 0. The second kappa shape index (κ2) is 16.1. The van der Waals surface area contributed by atoms with Crippen LogP contribution in [0, 0.1) is 0 Å². The van der Waals surface area contributed by atoms with Crippen LogP contribution in [0.2, 0.25) is 0 Å². The van der Waals surface area contributed by atoms with Gasteiger partial charge in [-0.2, -0.15) is 0 Å². The largest absolute Gasteiger partial charge is 0.503 e. The Kier molecular flexibility index (Phi) is 59.6. The first-order chi connectivity index (χ1) is 1.73. The van der Waals surface area contributed by atoms with Crippen molar-refractivity contribution in [3.8, 4) is 0 Å². The van der Waals surface area contributed by atoms with Crippen LogP contribution >= 0.6 is 0 Å². The van der Waals surface area contributed by atoms with E-state index in [1.165, 1.54) is 0 Å². The molecular formula is CH4O4Zn2. The smallest absolute Gasteiger partial charge is 0.450 e. The summed E-state index contributed by atoms with van der Waals surface area (Å²) in [5.41, 5.74) is 0. The zero-order valence-electron chi connectivity index (χ0n) is 3.72. The van der Waals surface area contributed by atoms with Gasteiger partial charge in [-0.1, -0.05) is 0 Å². The molecule has 0 saturated heterocycles. The first-order valence-electron chi connectivity index (χ1n) is 0.651. The molecule has 0 bridgehead atoms. The van der Waals surface area contributed by atoms with Crippen molar-refractivity contribution < 1.29 is 59.4 Å². The molecule has 0 atom stereocenters. The van der Waals surface area contributed by atoms with Crippen LogP contribution in [0.1, 0.15) is 0 Å². The standard InChI is InChI=1S/CH2O3.H2O.2Zn/c2-1(3)4;;;/h(H2,2,3,4);1H2;;. The maximum Gasteiger partial charge on any atom is 0.503 e. The summed E-state index contributed by atoms with van der Waals surface area (Å²) in [7, 11) is 0. The van der Waals surface area contributed by atoms with Crippen LogP contribution in [0.3, 0.4) is 0 Å². The summed E-state index contributed by atoms with van der Waals surface area (Å²) in [5, 5.41) is 13.9. The zero-order valence-corrected chi connectivity index (χ0v) is 9.65. The van der Waals surface area contributed by atoms with Crippen LogP contribution in [0.5, 0.6) is 0 Å². The van der Waals surface area contributed by atoms with Gasteiger partial charge in [0.25, 0.3) is 0 Å². The topological polar surface area (TPSA) is 89.0 Å². The third kappa shape index (κ3) is 571. The first kappa shape index (κ1) is 25.9. The summed E-state index contributed by atoms with van der Waals surface area (Å²) >= 11 is 0. The van der Waals surface area contributed by atoms with Crippen LogP contribution in [-0.2, 0) is 39.0 Å². The average molecular weight is 211 g/mol. The Morgan fingerprint density at radius 3 is 1.14 bits per heavy atom. The molecule has 0 unspecified atom stereocenters. The number of hydrogen-bond acceptors (Lipinski definition) is 1. The van der Waals surface area contributed by atoms with Crippen molar-refractivity contribution in [1.82, 2.24) is 0 Å². The molecule has 0 fully saturated rings. The quantitative estimate of drug-likeness (QED) is 0.523. The van der Waals surface area contributed by atoms with Crippen molar-refractivity contribution in [1.29, 1.82) is 0 Å².